The molecule has 4 heteroatoms. The van der Waals surface area contributed by atoms with Gasteiger partial charge in [0, 0.05) is 11.3 Å². The first-order chi connectivity index (χ1) is 5.97. The van der Waals surface area contributed by atoms with Crippen LogP contribution in [0.3, 0.4) is 0 Å². The minimum absolute atomic E-state index is 0.0876. The summed E-state index contributed by atoms with van der Waals surface area (Å²) in [6, 6.07) is -0.434. The molecule has 4 nitrogen and oxygen atoms in total. The summed E-state index contributed by atoms with van der Waals surface area (Å²) in [7, 11) is 0. The fourth-order valence-electron chi connectivity index (χ4n) is 1.70. The van der Waals surface area contributed by atoms with Crippen LogP contribution in [0.15, 0.2) is 5.11 Å². The highest BCUT2D eigenvalue weighted by molar-refractivity contribution is 5.85. The molecule has 0 aliphatic heterocycles. The van der Waals surface area contributed by atoms with Gasteiger partial charge >= 0.3 is 0 Å². The molecular formula is C9H15N3O. The van der Waals surface area contributed by atoms with Crippen LogP contribution in [0.25, 0.3) is 10.4 Å². The van der Waals surface area contributed by atoms with Crippen molar-refractivity contribution >= 4 is 5.78 Å². The molecule has 0 heterocycles. The highest BCUT2D eigenvalue weighted by Crippen LogP contribution is 2.39. The molecule has 0 spiro atoms. The van der Waals surface area contributed by atoms with E-state index in [2.05, 4.69) is 30.8 Å². The fraction of sp³-hybridized carbons (Fsp3) is 0.889. The number of hydrogen-bond acceptors (Lipinski definition) is 2. The zero-order valence-electron chi connectivity index (χ0n) is 8.32. The van der Waals surface area contributed by atoms with Gasteiger partial charge in [-0.3, -0.25) is 4.79 Å². The molecule has 0 aromatic carbocycles. The van der Waals surface area contributed by atoms with Gasteiger partial charge in [0.25, 0.3) is 0 Å². The Hall–Kier alpha value is -1.02. The van der Waals surface area contributed by atoms with Crippen molar-refractivity contribution in [3.05, 3.63) is 10.4 Å². The summed E-state index contributed by atoms with van der Waals surface area (Å²) in [6.45, 7) is 6.30. The van der Waals surface area contributed by atoms with E-state index in [9.17, 15) is 4.79 Å². The number of carbonyl (C=O) groups excluding carboxylic acids is 1. The Balaban J connectivity index is 2.81. The molecule has 0 amide bonds. The minimum atomic E-state index is -0.434. The number of azide groups is 1. The van der Waals surface area contributed by atoms with Gasteiger partial charge in [0.05, 0.1) is 6.04 Å². The van der Waals surface area contributed by atoms with Gasteiger partial charge in [0.1, 0.15) is 5.78 Å². The molecule has 0 radical (unpaired) electrons. The first-order valence-corrected chi connectivity index (χ1v) is 4.54. The fourth-order valence-corrected chi connectivity index (χ4v) is 1.70. The molecule has 1 aliphatic rings. The first kappa shape index (κ1) is 10.1. The molecule has 13 heavy (non-hydrogen) atoms. The summed E-state index contributed by atoms with van der Waals surface area (Å²) in [5.41, 5.74) is 8.38. The summed E-state index contributed by atoms with van der Waals surface area (Å²) in [5, 5.41) is 3.53. The zero-order chi connectivity index (χ0) is 10.1. The van der Waals surface area contributed by atoms with Gasteiger partial charge in [0.15, 0.2) is 0 Å². The zero-order valence-corrected chi connectivity index (χ0v) is 8.32. The van der Waals surface area contributed by atoms with Crippen molar-refractivity contribution < 1.29 is 4.79 Å². The SMILES string of the molecule is CC1CC(=O)C(N=[N+]=[N-])CC1(C)C. The summed E-state index contributed by atoms with van der Waals surface area (Å²) in [5.74, 6) is 0.467. The molecular weight excluding hydrogens is 166 g/mol. The molecule has 1 saturated carbocycles. The topological polar surface area (TPSA) is 65.8 Å². The van der Waals surface area contributed by atoms with Crippen LogP contribution < -0.4 is 0 Å². The van der Waals surface area contributed by atoms with Crippen molar-refractivity contribution in [3.63, 3.8) is 0 Å². The van der Waals surface area contributed by atoms with Crippen molar-refractivity contribution in [2.75, 3.05) is 0 Å². The Morgan fingerprint density at radius 2 is 2.23 bits per heavy atom. The van der Waals surface area contributed by atoms with Crippen molar-refractivity contribution in [2.24, 2.45) is 16.4 Å². The van der Waals surface area contributed by atoms with Gasteiger partial charge in [0.2, 0.25) is 0 Å². The van der Waals surface area contributed by atoms with Crippen LogP contribution in [0.2, 0.25) is 0 Å². The van der Waals surface area contributed by atoms with Crippen LogP contribution in [0.1, 0.15) is 33.6 Å². The molecule has 2 atom stereocenters. The maximum atomic E-state index is 11.4. The molecule has 0 aromatic rings. The Kier molecular flexibility index (Phi) is 2.62. The number of rotatable bonds is 1. The van der Waals surface area contributed by atoms with E-state index in [0.29, 0.717) is 18.8 Å². The van der Waals surface area contributed by atoms with E-state index in [4.69, 9.17) is 5.53 Å². The third kappa shape index (κ3) is 2.01. The number of nitrogens with zero attached hydrogens (tertiary/aromatic N) is 3. The monoisotopic (exact) mass is 181 g/mol. The van der Waals surface area contributed by atoms with Gasteiger partial charge in [-0.2, -0.15) is 0 Å². The smallest absolute Gasteiger partial charge is 0.142 e. The van der Waals surface area contributed by atoms with Crippen LogP contribution in [-0.2, 0) is 4.79 Å². The predicted molar refractivity (Wildman–Crippen MR) is 50.1 cm³/mol. The maximum Gasteiger partial charge on any atom is 0.142 e. The summed E-state index contributed by atoms with van der Waals surface area (Å²) < 4.78 is 0. The van der Waals surface area contributed by atoms with E-state index < -0.39 is 6.04 Å². The number of carbonyl (C=O) groups is 1. The predicted octanol–water partition coefficient (Wildman–Crippen LogP) is 2.69. The molecule has 0 saturated heterocycles. The van der Waals surface area contributed by atoms with Crippen molar-refractivity contribution in [1.29, 1.82) is 0 Å². The lowest BCUT2D eigenvalue weighted by molar-refractivity contribution is -0.125. The largest absolute Gasteiger partial charge is 0.299 e. The van der Waals surface area contributed by atoms with Gasteiger partial charge < -0.3 is 0 Å². The number of hydrogen-bond donors (Lipinski definition) is 0. The molecule has 0 aromatic heterocycles. The summed E-state index contributed by atoms with van der Waals surface area (Å²) >= 11 is 0. The summed E-state index contributed by atoms with van der Waals surface area (Å²) in [6.07, 6.45) is 1.22. The van der Waals surface area contributed by atoms with E-state index in [1.165, 1.54) is 0 Å². The van der Waals surface area contributed by atoms with Gasteiger partial charge in [-0.15, -0.1) is 0 Å². The Bertz CT molecular complexity index is 266. The van der Waals surface area contributed by atoms with Crippen LogP contribution in [0, 0.1) is 11.3 Å². The lowest BCUT2D eigenvalue weighted by Gasteiger charge is -2.38. The van der Waals surface area contributed by atoms with Crippen molar-refractivity contribution in [2.45, 2.75) is 39.7 Å². The van der Waals surface area contributed by atoms with Crippen molar-refractivity contribution in [1.82, 2.24) is 0 Å². The van der Waals surface area contributed by atoms with Crippen LogP contribution in [0.5, 0.6) is 0 Å². The normalized spacial score (nSPS) is 32.4. The Morgan fingerprint density at radius 1 is 1.62 bits per heavy atom. The third-order valence-corrected chi connectivity index (χ3v) is 3.12. The van der Waals surface area contributed by atoms with Gasteiger partial charge in [-0.25, -0.2) is 0 Å². The second-order valence-corrected chi connectivity index (χ2v) is 4.48. The van der Waals surface area contributed by atoms with E-state index >= 15 is 0 Å². The number of Topliss-reactive ketones (excluding diaryl/α,β-unsaturated/α-hetero) is 1. The maximum absolute atomic E-state index is 11.4. The van der Waals surface area contributed by atoms with E-state index in [1.807, 2.05) is 0 Å². The minimum Gasteiger partial charge on any atom is -0.299 e. The first-order valence-electron chi connectivity index (χ1n) is 4.54. The van der Waals surface area contributed by atoms with Crippen molar-refractivity contribution in [3.8, 4) is 0 Å². The highest BCUT2D eigenvalue weighted by atomic mass is 16.1. The second-order valence-electron chi connectivity index (χ2n) is 4.48. The van der Waals surface area contributed by atoms with E-state index in [0.717, 1.165) is 0 Å². The molecule has 0 N–H and O–H groups in total. The van der Waals surface area contributed by atoms with Crippen LogP contribution >= 0.6 is 0 Å². The lowest BCUT2D eigenvalue weighted by atomic mass is 9.68. The van der Waals surface area contributed by atoms with Gasteiger partial charge in [-0.05, 0) is 23.3 Å². The second kappa shape index (κ2) is 3.38. The molecule has 1 rings (SSSR count). The molecule has 2 unspecified atom stereocenters. The summed E-state index contributed by atoms with van der Waals surface area (Å²) in [4.78, 5) is 14.1. The van der Waals surface area contributed by atoms with Crippen LogP contribution in [0.4, 0.5) is 0 Å². The highest BCUT2D eigenvalue weighted by Gasteiger charge is 2.38. The Morgan fingerprint density at radius 3 is 2.77 bits per heavy atom. The van der Waals surface area contributed by atoms with Crippen LogP contribution in [-0.4, -0.2) is 11.8 Å². The van der Waals surface area contributed by atoms with E-state index in [1.54, 1.807) is 0 Å². The molecule has 0 bridgehead atoms. The molecule has 72 valence electrons. The molecule has 1 aliphatic carbocycles. The standard InChI is InChI=1S/C9H15N3O/c1-6-4-8(13)7(11-12-10)5-9(6,2)3/h6-7H,4-5H2,1-3H3. The average Bonchev–Trinajstić information content (AvgIpc) is 2.00. The Labute approximate surface area is 77.9 Å². The molecule has 1 fully saturated rings. The van der Waals surface area contributed by atoms with E-state index in [-0.39, 0.29) is 11.2 Å². The third-order valence-electron chi connectivity index (χ3n) is 3.12. The lowest BCUT2D eigenvalue weighted by Crippen LogP contribution is -2.38. The number of ketones is 1. The van der Waals surface area contributed by atoms with Gasteiger partial charge in [-0.1, -0.05) is 25.9 Å². The quantitative estimate of drug-likeness (QED) is 0.348. The average molecular weight is 181 g/mol.